The van der Waals surface area contributed by atoms with Gasteiger partial charge in [0.15, 0.2) is 0 Å². The molecule has 0 bridgehead atoms. The number of aliphatic hydroxyl groups is 2. The van der Waals surface area contributed by atoms with Gasteiger partial charge in [0.25, 0.3) is 0 Å². The Morgan fingerprint density at radius 3 is 2.68 bits per heavy atom. The monoisotopic (exact) mass is 306 g/mol. The van der Waals surface area contributed by atoms with Crippen LogP contribution in [-0.4, -0.2) is 22.9 Å². The fourth-order valence-electron chi connectivity index (χ4n) is 5.22. The lowest BCUT2D eigenvalue weighted by Gasteiger charge is -2.58. The van der Waals surface area contributed by atoms with Gasteiger partial charge in [0.2, 0.25) is 0 Å². The number of rotatable bonds is 4. The van der Waals surface area contributed by atoms with Gasteiger partial charge in [-0.2, -0.15) is 0 Å². The van der Waals surface area contributed by atoms with Gasteiger partial charge in [-0.15, -0.1) is 0 Å². The summed E-state index contributed by atoms with van der Waals surface area (Å²) in [6, 6.07) is 0. The number of fused-ring (bicyclic) bond motifs is 1. The van der Waals surface area contributed by atoms with Crippen LogP contribution in [0.15, 0.2) is 23.3 Å². The number of hydrogen-bond donors (Lipinski definition) is 2. The highest BCUT2D eigenvalue weighted by atomic mass is 16.3. The van der Waals surface area contributed by atoms with E-state index in [4.69, 9.17) is 5.11 Å². The van der Waals surface area contributed by atoms with E-state index < -0.39 is 0 Å². The predicted molar refractivity (Wildman–Crippen MR) is 92.6 cm³/mol. The molecule has 0 spiro atoms. The summed E-state index contributed by atoms with van der Waals surface area (Å²) in [5, 5.41) is 19.5. The molecule has 2 aliphatic rings. The fraction of sp³-hybridized carbons (Fsp3) is 0.800. The lowest BCUT2D eigenvalue weighted by molar-refractivity contribution is -0.115. The molecule has 0 aromatic heterocycles. The molecular weight excluding hydrogens is 272 g/mol. The molecule has 0 amide bonds. The first-order valence-electron chi connectivity index (χ1n) is 8.84. The van der Waals surface area contributed by atoms with Crippen LogP contribution in [0.2, 0.25) is 0 Å². The molecule has 2 rings (SSSR count). The van der Waals surface area contributed by atoms with Gasteiger partial charge in [-0.3, -0.25) is 0 Å². The minimum Gasteiger partial charge on any atom is -0.393 e. The second-order valence-corrected chi connectivity index (χ2v) is 8.44. The van der Waals surface area contributed by atoms with Crippen molar-refractivity contribution in [1.82, 2.24) is 0 Å². The molecule has 2 nitrogen and oxygen atoms in total. The molecular formula is C20H34O2. The zero-order valence-corrected chi connectivity index (χ0v) is 15.0. The Kier molecular flexibility index (Phi) is 5.23. The minimum atomic E-state index is -0.172. The highest BCUT2D eigenvalue weighted by Gasteiger charge is 2.54. The lowest BCUT2D eigenvalue weighted by Crippen LogP contribution is -2.54. The van der Waals surface area contributed by atoms with Crippen LogP contribution in [0.3, 0.4) is 0 Å². The van der Waals surface area contributed by atoms with E-state index in [-0.39, 0.29) is 18.1 Å². The molecule has 126 valence electrons. The van der Waals surface area contributed by atoms with Crippen LogP contribution in [0.1, 0.15) is 66.7 Å². The summed E-state index contributed by atoms with van der Waals surface area (Å²) < 4.78 is 0. The molecule has 0 saturated heterocycles. The predicted octanol–water partition coefficient (Wildman–Crippen LogP) is 4.47. The van der Waals surface area contributed by atoms with E-state index in [1.807, 2.05) is 6.08 Å². The first-order chi connectivity index (χ1) is 10.2. The van der Waals surface area contributed by atoms with E-state index in [9.17, 15) is 5.11 Å². The molecule has 1 fully saturated rings. The van der Waals surface area contributed by atoms with E-state index in [1.54, 1.807) is 0 Å². The maximum Gasteiger partial charge on any atom is 0.0614 e. The van der Waals surface area contributed by atoms with Crippen LogP contribution >= 0.6 is 0 Å². The van der Waals surface area contributed by atoms with Crippen molar-refractivity contribution in [2.45, 2.75) is 72.8 Å². The normalized spacial score (nSPS) is 38.4. The summed E-state index contributed by atoms with van der Waals surface area (Å²) in [5.41, 5.74) is 3.11. The first kappa shape index (κ1) is 17.7. The number of hydrogen-bond acceptors (Lipinski definition) is 2. The summed E-state index contributed by atoms with van der Waals surface area (Å²) in [6.45, 7) is 11.5. The van der Waals surface area contributed by atoms with Crippen molar-refractivity contribution in [1.29, 1.82) is 0 Å². The smallest absolute Gasteiger partial charge is 0.0614 e. The topological polar surface area (TPSA) is 40.5 Å². The average molecular weight is 306 g/mol. The SMILES string of the molecule is CC1=CC[C@@H]2C(C)(C)[C@@H](O)CC[C@]2(C)[C@@H]1CC/C(C)=C/CO. The summed E-state index contributed by atoms with van der Waals surface area (Å²) in [6.07, 6.45) is 9.54. The van der Waals surface area contributed by atoms with Crippen molar-refractivity contribution in [2.24, 2.45) is 22.7 Å². The molecule has 2 N–H and O–H groups in total. The van der Waals surface area contributed by atoms with Gasteiger partial charge in [-0.1, -0.05) is 44.1 Å². The Bertz CT molecular complexity index is 460. The highest BCUT2D eigenvalue weighted by Crippen LogP contribution is 2.60. The number of aliphatic hydroxyl groups excluding tert-OH is 2. The molecule has 2 aliphatic carbocycles. The van der Waals surface area contributed by atoms with Crippen LogP contribution in [0.25, 0.3) is 0 Å². The Labute approximate surface area is 136 Å². The van der Waals surface area contributed by atoms with E-state index in [0.717, 1.165) is 32.1 Å². The average Bonchev–Trinajstić information content (AvgIpc) is 2.43. The van der Waals surface area contributed by atoms with Gasteiger partial charge in [0, 0.05) is 0 Å². The van der Waals surface area contributed by atoms with Crippen LogP contribution in [0, 0.1) is 22.7 Å². The molecule has 2 heteroatoms. The van der Waals surface area contributed by atoms with E-state index in [0.29, 0.717) is 17.3 Å². The summed E-state index contributed by atoms with van der Waals surface area (Å²) in [7, 11) is 0. The highest BCUT2D eigenvalue weighted by molar-refractivity contribution is 5.19. The van der Waals surface area contributed by atoms with Crippen LogP contribution < -0.4 is 0 Å². The Morgan fingerprint density at radius 2 is 2.05 bits per heavy atom. The van der Waals surface area contributed by atoms with Gasteiger partial charge in [0.1, 0.15) is 0 Å². The Morgan fingerprint density at radius 1 is 1.36 bits per heavy atom. The quantitative estimate of drug-likeness (QED) is 0.752. The minimum absolute atomic E-state index is 0.00156. The van der Waals surface area contributed by atoms with Crippen molar-refractivity contribution < 1.29 is 10.2 Å². The summed E-state index contributed by atoms with van der Waals surface area (Å²) in [5.74, 6) is 1.15. The third kappa shape index (κ3) is 3.05. The second kappa shape index (κ2) is 6.49. The first-order valence-corrected chi connectivity index (χ1v) is 8.84. The fourth-order valence-corrected chi connectivity index (χ4v) is 5.22. The summed E-state index contributed by atoms with van der Waals surface area (Å²) in [4.78, 5) is 0. The van der Waals surface area contributed by atoms with Gasteiger partial charge in [-0.25, -0.2) is 0 Å². The van der Waals surface area contributed by atoms with Crippen molar-refractivity contribution >= 4 is 0 Å². The zero-order chi connectivity index (χ0) is 16.5. The van der Waals surface area contributed by atoms with Crippen LogP contribution in [0.4, 0.5) is 0 Å². The molecule has 0 heterocycles. The second-order valence-electron chi connectivity index (χ2n) is 8.44. The molecule has 0 aromatic carbocycles. The maximum atomic E-state index is 10.5. The standard InChI is InChI=1S/C20H34O2/c1-14(11-13-21)6-8-16-15(2)7-9-17-19(3,4)18(22)10-12-20(16,17)5/h7,11,16-18,21-22H,6,8-10,12-13H2,1-5H3/b14-11+/t16-,17-,18+,20-/m1/s1. The van der Waals surface area contributed by atoms with Crippen LogP contribution in [-0.2, 0) is 0 Å². The Balaban J connectivity index is 2.24. The van der Waals surface area contributed by atoms with Gasteiger partial charge in [0.05, 0.1) is 12.7 Å². The van der Waals surface area contributed by atoms with Crippen molar-refractivity contribution in [3.05, 3.63) is 23.3 Å². The van der Waals surface area contributed by atoms with E-state index in [1.165, 1.54) is 11.1 Å². The zero-order valence-electron chi connectivity index (χ0n) is 15.0. The molecule has 1 saturated carbocycles. The lowest BCUT2D eigenvalue weighted by atomic mass is 9.47. The van der Waals surface area contributed by atoms with Crippen molar-refractivity contribution in [3.8, 4) is 0 Å². The van der Waals surface area contributed by atoms with E-state index >= 15 is 0 Å². The molecule has 0 aromatic rings. The molecule has 22 heavy (non-hydrogen) atoms. The van der Waals surface area contributed by atoms with Gasteiger partial charge in [-0.05, 0) is 68.6 Å². The molecule has 4 atom stereocenters. The van der Waals surface area contributed by atoms with Gasteiger partial charge >= 0.3 is 0 Å². The van der Waals surface area contributed by atoms with E-state index in [2.05, 4.69) is 40.7 Å². The summed E-state index contributed by atoms with van der Waals surface area (Å²) >= 11 is 0. The Hall–Kier alpha value is -0.600. The molecule has 0 unspecified atom stereocenters. The van der Waals surface area contributed by atoms with Crippen molar-refractivity contribution in [3.63, 3.8) is 0 Å². The third-order valence-corrected chi connectivity index (χ3v) is 6.80. The van der Waals surface area contributed by atoms with Crippen molar-refractivity contribution in [2.75, 3.05) is 6.61 Å². The third-order valence-electron chi connectivity index (χ3n) is 6.80. The molecule has 0 aliphatic heterocycles. The van der Waals surface area contributed by atoms with Gasteiger partial charge < -0.3 is 10.2 Å². The number of allylic oxidation sites excluding steroid dienone is 3. The maximum absolute atomic E-state index is 10.5. The molecule has 0 radical (unpaired) electrons. The largest absolute Gasteiger partial charge is 0.393 e. The van der Waals surface area contributed by atoms with Crippen LogP contribution in [0.5, 0.6) is 0 Å².